The van der Waals surface area contributed by atoms with Gasteiger partial charge >= 0.3 is 0 Å². The molecule has 0 radical (unpaired) electrons. The highest BCUT2D eigenvalue weighted by molar-refractivity contribution is 5.77. The van der Waals surface area contributed by atoms with E-state index in [-0.39, 0.29) is 5.91 Å². The first-order chi connectivity index (χ1) is 12.3. The minimum Gasteiger partial charge on any atom is -0.343 e. The average Bonchev–Trinajstić information content (AvgIpc) is 2.65. The summed E-state index contributed by atoms with van der Waals surface area (Å²) >= 11 is 0. The van der Waals surface area contributed by atoms with Crippen molar-refractivity contribution in [1.82, 2.24) is 4.90 Å². The van der Waals surface area contributed by atoms with E-state index >= 15 is 0 Å². The van der Waals surface area contributed by atoms with E-state index < -0.39 is 5.41 Å². The number of likely N-dealkylation sites (tertiary alicyclic amines) is 1. The maximum atomic E-state index is 12.3. The molecule has 0 aliphatic carbocycles. The summed E-state index contributed by atoms with van der Waals surface area (Å²) in [4.78, 5) is 14.1. The molecular formula is C22H26N2O. The van der Waals surface area contributed by atoms with Gasteiger partial charge in [-0.15, -0.1) is 0 Å². The fraction of sp³-hybridized carbons (Fsp3) is 0.364. The van der Waals surface area contributed by atoms with Crippen molar-refractivity contribution >= 4 is 5.91 Å². The SMILES string of the molecule is CC.N#CC(CCC(=O)N1CCC1)(c1ccccc1)c1ccccc1. The van der Waals surface area contributed by atoms with Gasteiger partial charge in [-0.2, -0.15) is 5.26 Å². The van der Waals surface area contributed by atoms with Crippen LogP contribution < -0.4 is 0 Å². The van der Waals surface area contributed by atoms with Crippen LogP contribution >= 0.6 is 0 Å². The number of nitriles is 1. The van der Waals surface area contributed by atoms with E-state index in [4.69, 9.17) is 0 Å². The number of carbonyl (C=O) groups excluding carboxylic acids is 1. The molecule has 0 saturated carbocycles. The van der Waals surface area contributed by atoms with Crippen molar-refractivity contribution in [2.75, 3.05) is 13.1 Å². The Bertz CT molecular complexity index is 660. The molecule has 1 saturated heterocycles. The average molecular weight is 334 g/mol. The van der Waals surface area contributed by atoms with Crippen molar-refractivity contribution in [3.8, 4) is 6.07 Å². The lowest BCUT2D eigenvalue weighted by molar-refractivity contribution is -0.134. The number of nitrogens with zero attached hydrogens (tertiary/aromatic N) is 2. The van der Waals surface area contributed by atoms with E-state index in [0.717, 1.165) is 30.6 Å². The molecule has 2 aromatic rings. The Kier molecular flexibility index (Phi) is 6.77. The smallest absolute Gasteiger partial charge is 0.222 e. The molecule has 1 aliphatic heterocycles. The number of hydrogen-bond donors (Lipinski definition) is 0. The lowest BCUT2D eigenvalue weighted by atomic mass is 9.72. The highest BCUT2D eigenvalue weighted by Gasteiger charge is 2.35. The van der Waals surface area contributed by atoms with Gasteiger partial charge in [0.25, 0.3) is 0 Å². The van der Waals surface area contributed by atoms with Gasteiger partial charge < -0.3 is 4.90 Å². The monoisotopic (exact) mass is 334 g/mol. The fourth-order valence-electron chi connectivity index (χ4n) is 3.10. The van der Waals surface area contributed by atoms with Crippen LogP contribution in [0.5, 0.6) is 0 Å². The molecule has 25 heavy (non-hydrogen) atoms. The zero-order valence-electron chi connectivity index (χ0n) is 15.1. The molecular weight excluding hydrogens is 308 g/mol. The van der Waals surface area contributed by atoms with E-state index in [1.165, 1.54) is 0 Å². The summed E-state index contributed by atoms with van der Waals surface area (Å²) in [5, 5.41) is 10.0. The Morgan fingerprint density at radius 3 is 1.84 bits per heavy atom. The summed E-state index contributed by atoms with van der Waals surface area (Å²) in [7, 11) is 0. The molecule has 0 spiro atoms. The maximum Gasteiger partial charge on any atom is 0.222 e. The highest BCUT2D eigenvalue weighted by Crippen LogP contribution is 2.36. The number of carbonyl (C=O) groups is 1. The van der Waals surface area contributed by atoms with Gasteiger partial charge in [0.2, 0.25) is 5.91 Å². The Morgan fingerprint density at radius 2 is 1.48 bits per heavy atom. The summed E-state index contributed by atoms with van der Waals surface area (Å²) in [6.45, 7) is 5.71. The first kappa shape index (κ1) is 18.7. The van der Waals surface area contributed by atoms with E-state index in [0.29, 0.717) is 12.8 Å². The molecule has 1 amide bonds. The second kappa shape index (κ2) is 9.03. The Morgan fingerprint density at radius 1 is 1.00 bits per heavy atom. The lowest BCUT2D eigenvalue weighted by Gasteiger charge is -2.33. The zero-order valence-corrected chi connectivity index (χ0v) is 15.1. The molecule has 0 bridgehead atoms. The summed E-state index contributed by atoms with van der Waals surface area (Å²) < 4.78 is 0. The van der Waals surface area contributed by atoms with Gasteiger partial charge in [0, 0.05) is 19.5 Å². The third kappa shape index (κ3) is 4.09. The molecule has 0 atom stereocenters. The summed E-state index contributed by atoms with van der Waals surface area (Å²) in [6.07, 6.45) is 2.00. The number of hydrogen-bond acceptors (Lipinski definition) is 2. The Balaban J connectivity index is 0.00000109. The lowest BCUT2D eigenvalue weighted by Crippen LogP contribution is -2.42. The zero-order chi connectivity index (χ0) is 18.1. The molecule has 3 heteroatoms. The molecule has 130 valence electrons. The number of rotatable bonds is 5. The van der Waals surface area contributed by atoms with Gasteiger partial charge in [-0.25, -0.2) is 0 Å². The molecule has 1 fully saturated rings. The molecule has 1 aliphatic rings. The van der Waals surface area contributed by atoms with E-state index in [2.05, 4.69) is 6.07 Å². The molecule has 0 N–H and O–H groups in total. The first-order valence-corrected chi connectivity index (χ1v) is 9.06. The highest BCUT2D eigenvalue weighted by atomic mass is 16.2. The van der Waals surface area contributed by atoms with Crippen molar-refractivity contribution in [3.05, 3.63) is 71.8 Å². The van der Waals surface area contributed by atoms with Crippen LogP contribution in [0.3, 0.4) is 0 Å². The van der Waals surface area contributed by atoms with Crippen LogP contribution in [0.4, 0.5) is 0 Å². The van der Waals surface area contributed by atoms with Crippen molar-refractivity contribution in [2.45, 2.75) is 38.5 Å². The van der Waals surface area contributed by atoms with Gasteiger partial charge in [-0.3, -0.25) is 4.79 Å². The molecule has 2 aromatic carbocycles. The van der Waals surface area contributed by atoms with Gasteiger partial charge in [0.1, 0.15) is 5.41 Å². The van der Waals surface area contributed by atoms with E-state index in [9.17, 15) is 10.1 Å². The molecule has 0 aromatic heterocycles. The minimum atomic E-state index is -0.775. The Hall–Kier alpha value is -2.60. The normalized spacial score (nSPS) is 13.1. The molecule has 3 nitrogen and oxygen atoms in total. The van der Waals surface area contributed by atoms with Crippen LogP contribution in [0.25, 0.3) is 0 Å². The largest absolute Gasteiger partial charge is 0.343 e. The van der Waals surface area contributed by atoms with Crippen LogP contribution in [0.15, 0.2) is 60.7 Å². The predicted molar refractivity (Wildman–Crippen MR) is 101 cm³/mol. The third-order valence-electron chi connectivity index (χ3n) is 4.65. The number of benzene rings is 2. The van der Waals surface area contributed by atoms with Crippen LogP contribution in [0.1, 0.15) is 44.2 Å². The van der Waals surface area contributed by atoms with Crippen molar-refractivity contribution in [2.24, 2.45) is 0 Å². The van der Waals surface area contributed by atoms with Gasteiger partial charge in [0.05, 0.1) is 6.07 Å². The standard InChI is InChI=1S/C20H20N2O.C2H6/c21-16-20(17-8-3-1-4-9-17,18-10-5-2-6-11-18)13-12-19(23)22-14-7-15-22;1-2/h1-6,8-11H,7,12-15H2;1-2H3. The minimum absolute atomic E-state index is 0.155. The van der Waals surface area contributed by atoms with Crippen molar-refractivity contribution in [3.63, 3.8) is 0 Å². The van der Waals surface area contributed by atoms with Gasteiger partial charge in [-0.1, -0.05) is 74.5 Å². The quantitative estimate of drug-likeness (QED) is 0.806. The van der Waals surface area contributed by atoms with Crippen LogP contribution in [0.2, 0.25) is 0 Å². The van der Waals surface area contributed by atoms with Crippen LogP contribution in [-0.2, 0) is 10.2 Å². The summed E-state index contributed by atoms with van der Waals surface area (Å²) in [6, 6.07) is 22.1. The second-order valence-corrected chi connectivity index (χ2v) is 5.98. The van der Waals surface area contributed by atoms with E-state index in [1.54, 1.807) is 0 Å². The van der Waals surface area contributed by atoms with Gasteiger partial charge in [-0.05, 0) is 24.0 Å². The second-order valence-electron chi connectivity index (χ2n) is 5.98. The van der Waals surface area contributed by atoms with Crippen LogP contribution in [0, 0.1) is 11.3 Å². The third-order valence-corrected chi connectivity index (χ3v) is 4.65. The van der Waals surface area contributed by atoms with E-state index in [1.807, 2.05) is 79.4 Å². The molecule has 1 heterocycles. The topological polar surface area (TPSA) is 44.1 Å². The van der Waals surface area contributed by atoms with Crippen LogP contribution in [-0.4, -0.2) is 23.9 Å². The molecule has 3 rings (SSSR count). The summed E-state index contributed by atoms with van der Waals surface area (Å²) in [5.41, 5.74) is 1.12. The first-order valence-electron chi connectivity index (χ1n) is 9.06. The Labute approximate surface area is 150 Å². The predicted octanol–water partition coefficient (Wildman–Crippen LogP) is 4.53. The fourth-order valence-corrected chi connectivity index (χ4v) is 3.10. The van der Waals surface area contributed by atoms with Crippen molar-refractivity contribution in [1.29, 1.82) is 5.26 Å². The van der Waals surface area contributed by atoms with Gasteiger partial charge in [0.15, 0.2) is 0 Å². The molecule has 0 unspecified atom stereocenters. The van der Waals surface area contributed by atoms with Crippen molar-refractivity contribution < 1.29 is 4.79 Å². The maximum absolute atomic E-state index is 12.3. The summed E-state index contributed by atoms with van der Waals surface area (Å²) in [5.74, 6) is 0.155. The number of amides is 1.